The van der Waals surface area contributed by atoms with Gasteiger partial charge in [0.2, 0.25) is 0 Å². The van der Waals surface area contributed by atoms with Crippen molar-refractivity contribution in [2.24, 2.45) is 5.84 Å². The molecule has 0 aliphatic rings. The van der Waals surface area contributed by atoms with Crippen LogP contribution >= 0.6 is 11.8 Å². The molecule has 90 valence electrons. The maximum Gasteiger partial charge on any atom is 0.343 e. The van der Waals surface area contributed by atoms with E-state index < -0.39 is 0 Å². The minimum absolute atomic E-state index is 0.235. The third kappa shape index (κ3) is 2.45. The summed E-state index contributed by atoms with van der Waals surface area (Å²) >= 11 is 1.26. The lowest BCUT2D eigenvalue weighted by Crippen LogP contribution is -2.16. The molecular formula is C8H11N7OS. The molecule has 8 nitrogen and oxygen atoms in total. The van der Waals surface area contributed by atoms with Crippen LogP contribution in [0.1, 0.15) is 6.92 Å². The van der Waals surface area contributed by atoms with Crippen LogP contribution in [0.4, 0.5) is 5.82 Å². The molecule has 0 spiro atoms. The van der Waals surface area contributed by atoms with E-state index in [0.29, 0.717) is 22.5 Å². The van der Waals surface area contributed by atoms with Gasteiger partial charge in [0.25, 0.3) is 0 Å². The zero-order chi connectivity index (χ0) is 12.3. The highest BCUT2D eigenvalue weighted by Crippen LogP contribution is 2.23. The number of aromatic amines is 1. The number of nitrogens with one attached hydrogen (secondary N) is 2. The van der Waals surface area contributed by atoms with Gasteiger partial charge in [-0.3, -0.25) is 4.57 Å². The fourth-order valence-electron chi connectivity index (χ4n) is 1.23. The second-order valence-corrected chi connectivity index (χ2v) is 4.03. The Labute approximate surface area is 101 Å². The number of H-pyrrole nitrogens is 1. The molecule has 4 N–H and O–H groups in total. The molecule has 0 aliphatic heterocycles. The summed E-state index contributed by atoms with van der Waals surface area (Å²) in [6, 6.07) is 1.67. The van der Waals surface area contributed by atoms with Crippen molar-refractivity contribution in [3.63, 3.8) is 0 Å². The van der Waals surface area contributed by atoms with E-state index in [1.807, 2.05) is 6.92 Å². The average molecular weight is 253 g/mol. The normalized spacial score (nSPS) is 10.5. The van der Waals surface area contributed by atoms with Crippen LogP contribution in [0.15, 0.2) is 27.4 Å². The van der Waals surface area contributed by atoms with E-state index in [1.54, 1.807) is 6.07 Å². The topological polar surface area (TPSA) is 115 Å². The predicted octanol–water partition coefficient (Wildman–Crippen LogP) is -0.182. The summed E-state index contributed by atoms with van der Waals surface area (Å²) < 4.78 is 1.52. The van der Waals surface area contributed by atoms with Gasteiger partial charge in [-0.2, -0.15) is 0 Å². The summed E-state index contributed by atoms with van der Waals surface area (Å²) in [6.45, 7) is 2.42. The minimum atomic E-state index is -0.235. The Morgan fingerprint density at radius 3 is 3.12 bits per heavy atom. The fourth-order valence-corrected chi connectivity index (χ4v) is 2.10. The summed E-state index contributed by atoms with van der Waals surface area (Å²) in [5.41, 5.74) is 2.19. The first kappa shape index (κ1) is 11.6. The number of hydrogen-bond donors (Lipinski definition) is 3. The van der Waals surface area contributed by atoms with E-state index in [0.717, 1.165) is 0 Å². The molecule has 0 atom stereocenters. The Hall–Kier alpha value is -1.87. The van der Waals surface area contributed by atoms with Gasteiger partial charge in [-0.05, 0) is 18.7 Å². The summed E-state index contributed by atoms with van der Waals surface area (Å²) in [5.74, 6) is 5.75. The van der Waals surface area contributed by atoms with E-state index in [4.69, 9.17) is 5.84 Å². The number of aromatic nitrogens is 5. The van der Waals surface area contributed by atoms with Crippen molar-refractivity contribution < 1.29 is 0 Å². The van der Waals surface area contributed by atoms with Gasteiger partial charge in [0.05, 0.1) is 0 Å². The number of nitrogen functional groups attached to an aromatic ring is 1. The molecule has 0 saturated carbocycles. The molecule has 2 aromatic rings. The van der Waals surface area contributed by atoms with Gasteiger partial charge in [-0.15, -0.1) is 5.10 Å². The second kappa shape index (κ2) is 4.97. The van der Waals surface area contributed by atoms with Crippen molar-refractivity contribution in [2.45, 2.75) is 23.7 Å². The average Bonchev–Trinajstić information content (AvgIpc) is 2.70. The van der Waals surface area contributed by atoms with Crippen LogP contribution in [0.2, 0.25) is 0 Å². The Bertz CT molecular complexity index is 563. The highest BCUT2D eigenvalue weighted by Gasteiger charge is 2.09. The van der Waals surface area contributed by atoms with Crippen LogP contribution in [0, 0.1) is 0 Å². The Balaban J connectivity index is 2.28. The smallest absolute Gasteiger partial charge is 0.308 e. The predicted molar refractivity (Wildman–Crippen MR) is 62.5 cm³/mol. The third-order valence-corrected chi connectivity index (χ3v) is 2.95. The molecule has 0 unspecified atom stereocenters. The zero-order valence-corrected chi connectivity index (χ0v) is 9.86. The van der Waals surface area contributed by atoms with E-state index >= 15 is 0 Å². The zero-order valence-electron chi connectivity index (χ0n) is 9.04. The largest absolute Gasteiger partial charge is 0.343 e. The van der Waals surface area contributed by atoms with Gasteiger partial charge in [0, 0.05) is 12.6 Å². The second-order valence-electron chi connectivity index (χ2n) is 3.04. The Kier molecular flexibility index (Phi) is 3.40. The van der Waals surface area contributed by atoms with Crippen molar-refractivity contribution >= 4 is 17.6 Å². The number of nitrogens with two attached hydrogens (primary N) is 1. The Morgan fingerprint density at radius 2 is 2.41 bits per heavy atom. The van der Waals surface area contributed by atoms with E-state index in [9.17, 15) is 4.79 Å². The molecule has 0 radical (unpaired) electrons. The lowest BCUT2D eigenvalue weighted by Gasteiger charge is -2.02. The van der Waals surface area contributed by atoms with Crippen LogP contribution in [0.25, 0.3) is 0 Å². The number of hydrazine groups is 1. The monoisotopic (exact) mass is 253 g/mol. The summed E-state index contributed by atoms with van der Waals surface area (Å²) in [6.07, 6.45) is 1.39. The van der Waals surface area contributed by atoms with Crippen LogP contribution in [0.5, 0.6) is 0 Å². The van der Waals surface area contributed by atoms with E-state index in [2.05, 4.69) is 25.6 Å². The van der Waals surface area contributed by atoms with Crippen molar-refractivity contribution in [3.05, 3.63) is 22.9 Å². The molecule has 2 aromatic heterocycles. The highest BCUT2D eigenvalue weighted by molar-refractivity contribution is 7.99. The highest BCUT2D eigenvalue weighted by atomic mass is 32.2. The quantitative estimate of drug-likeness (QED) is 0.393. The van der Waals surface area contributed by atoms with Gasteiger partial charge < -0.3 is 5.43 Å². The third-order valence-electron chi connectivity index (χ3n) is 2.03. The molecule has 9 heteroatoms. The number of hydrogen-bond acceptors (Lipinski definition) is 7. The maximum atomic E-state index is 11.4. The first-order valence-corrected chi connectivity index (χ1v) is 5.68. The first-order valence-electron chi connectivity index (χ1n) is 4.86. The number of anilines is 1. The molecule has 0 fully saturated rings. The van der Waals surface area contributed by atoms with Crippen molar-refractivity contribution in [1.29, 1.82) is 0 Å². The first-order chi connectivity index (χ1) is 8.24. The summed E-state index contributed by atoms with van der Waals surface area (Å²) in [5, 5.41) is 7.51. The molecule has 0 aliphatic carbocycles. The molecular weight excluding hydrogens is 242 g/mol. The number of nitrogens with zero attached hydrogens (tertiary/aromatic N) is 4. The Morgan fingerprint density at radius 1 is 1.59 bits per heavy atom. The molecule has 2 heterocycles. The van der Waals surface area contributed by atoms with Crippen LogP contribution in [0.3, 0.4) is 0 Å². The van der Waals surface area contributed by atoms with Crippen molar-refractivity contribution in [1.82, 2.24) is 24.7 Å². The van der Waals surface area contributed by atoms with E-state index in [-0.39, 0.29) is 5.69 Å². The van der Waals surface area contributed by atoms with Gasteiger partial charge in [0.1, 0.15) is 17.2 Å². The standard InChI is InChI=1S/C8H11N7OS/c1-2-15-7(16)13-14-8(15)17-6-3-5(12-9)10-4-11-6/h3-4H,2,9H2,1H3,(H,13,16)(H,10,11,12). The van der Waals surface area contributed by atoms with E-state index in [1.165, 1.54) is 22.7 Å². The van der Waals surface area contributed by atoms with Gasteiger partial charge in [-0.25, -0.2) is 25.7 Å². The minimum Gasteiger partial charge on any atom is -0.308 e. The van der Waals surface area contributed by atoms with Gasteiger partial charge in [-0.1, -0.05) is 0 Å². The number of rotatable bonds is 4. The summed E-state index contributed by atoms with van der Waals surface area (Å²) in [4.78, 5) is 19.3. The summed E-state index contributed by atoms with van der Waals surface area (Å²) in [7, 11) is 0. The fraction of sp³-hybridized carbons (Fsp3) is 0.250. The van der Waals surface area contributed by atoms with Crippen LogP contribution < -0.4 is 17.0 Å². The van der Waals surface area contributed by atoms with Gasteiger partial charge >= 0.3 is 5.69 Å². The molecule has 2 rings (SSSR count). The molecule has 0 bridgehead atoms. The SMILES string of the molecule is CCn1c(Sc2cc(NN)ncn2)n[nH]c1=O. The molecule has 0 saturated heterocycles. The van der Waals surface area contributed by atoms with Crippen LogP contribution in [-0.4, -0.2) is 24.7 Å². The van der Waals surface area contributed by atoms with Crippen molar-refractivity contribution in [2.75, 3.05) is 5.43 Å². The molecule has 0 amide bonds. The lowest BCUT2D eigenvalue weighted by molar-refractivity contribution is 0.660. The lowest BCUT2D eigenvalue weighted by atomic mass is 10.6. The maximum absolute atomic E-state index is 11.4. The van der Waals surface area contributed by atoms with Gasteiger partial charge in [0.15, 0.2) is 5.16 Å². The molecule has 0 aromatic carbocycles. The molecule has 17 heavy (non-hydrogen) atoms. The van der Waals surface area contributed by atoms with Crippen molar-refractivity contribution in [3.8, 4) is 0 Å². The van der Waals surface area contributed by atoms with Crippen LogP contribution in [-0.2, 0) is 6.54 Å².